The summed E-state index contributed by atoms with van der Waals surface area (Å²) in [5.41, 5.74) is 2.38. The van der Waals surface area contributed by atoms with Gasteiger partial charge in [-0.05, 0) is 18.8 Å². The van der Waals surface area contributed by atoms with Gasteiger partial charge in [0, 0.05) is 25.3 Å². The number of hydrogen-bond donors (Lipinski definition) is 2. The van der Waals surface area contributed by atoms with Crippen molar-refractivity contribution in [3.63, 3.8) is 0 Å². The number of rotatable bonds is 8. The number of halogens is 1. The average Bonchev–Trinajstić information content (AvgIpc) is 3.11. The minimum Gasteiger partial charge on any atom is -0.352 e. The van der Waals surface area contributed by atoms with Gasteiger partial charge in [-0.25, -0.2) is 5.43 Å². The third-order valence-electron chi connectivity index (χ3n) is 5.54. The zero-order chi connectivity index (χ0) is 19.8. The van der Waals surface area contributed by atoms with Crippen LogP contribution in [0, 0.1) is 11.8 Å². The lowest BCUT2D eigenvalue weighted by atomic mass is 9.86. The van der Waals surface area contributed by atoms with E-state index in [0.29, 0.717) is 5.17 Å². The molecule has 1 aliphatic carbocycles. The maximum atomic E-state index is 12.8. The lowest BCUT2D eigenvalue weighted by Crippen LogP contribution is -2.52. The van der Waals surface area contributed by atoms with Crippen LogP contribution in [0.2, 0.25) is 0 Å². The highest BCUT2D eigenvalue weighted by Crippen LogP contribution is 2.24. The van der Waals surface area contributed by atoms with Gasteiger partial charge < -0.3 is 10.2 Å². The number of nitrogens with one attached hydrogen (secondary N) is 2. The molecule has 2 rings (SSSR count). The summed E-state index contributed by atoms with van der Waals surface area (Å²) in [5.74, 6) is -0.660. The van der Waals surface area contributed by atoms with Crippen molar-refractivity contribution in [3.8, 4) is 0 Å². The zero-order valence-electron chi connectivity index (χ0n) is 17.0. The van der Waals surface area contributed by atoms with Crippen LogP contribution in [0.15, 0.2) is 5.10 Å². The highest BCUT2D eigenvalue weighted by atomic mass is 35.5. The van der Waals surface area contributed by atoms with E-state index >= 15 is 0 Å². The van der Waals surface area contributed by atoms with Crippen molar-refractivity contribution in [2.45, 2.75) is 64.8 Å². The molecule has 1 unspecified atom stereocenters. The number of amides is 2. The van der Waals surface area contributed by atoms with Gasteiger partial charge in [0.1, 0.15) is 6.04 Å². The van der Waals surface area contributed by atoms with Crippen LogP contribution in [-0.2, 0) is 14.4 Å². The first kappa shape index (κ1) is 24.8. The van der Waals surface area contributed by atoms with E-state index in [4.69, 9.17) is 0 Å². The Morgan fingerprint density at radius 1 is 1.18 bits per heavy atom. The van der Waals surface area contributed by atoms with Crippen molar-refractivity contribution in [2.75, 3.05) is 19.3 Å². The molecule has 1 saturated heterocycles. The fourth-order valence-corrected chi connectivity index (χ4v) is 4.66. The second-order valence-electron chi connectivity index (χ2n) is 7.37. The molecule has 0 bridgehead atoms. The Balaban J connectivity index is 0.00000392. The maximum Gasteiger partial charge on any atom is 0.309 e. The van der Waals surface area contributed by atoms with Crippen molar-refractivity contribution >= 4 is 46.9 Å². The molecule has 0 aromatic carbocycles. The quantitative estimate of drug-likeness (QED) is 0.454. The van der Waals surface area contributed by atoms with E-state index in [2.05, 4.69) is 15.8 Å². The normalized spacial score (nSPS) is 20.0. The van der Waals surface area contributed by atoms with Gasteiger partial charge >= 0.3 is 5.91 Å². The summed E-state index contributed by atoms with van der Waals surface area (Å²) in [4.78, 5) is 39.8. The SMILES string of the molecule is CCC(CC)C(NC(=O)C1CCCCC1)C(=O)C(=O)NN=C1SCCN1C.Cl. The van der Waals surface area contributed by atoms with Gasteiger partial charge in [0.15, 0.2) is 5.17 Å². The van der Waals surface area contributed by atoms with Crippen molar-refractivity contribution in [3.05, 3.63) is 0 Å². The average molecular weight is 433 g/mol. The summed E-state index contributed by atoms with van der Waals surface area (Å²) in [6.45, 7) is 4.81. The number of carbonyl (C=O) groups is 3. The van der Waals surface area contributed by atoms with E-state index in [1.54, 1.807) is 0 Å². The van der Waals surface area contributed by atoms with Crippen LogP contribution in [0.25, 0.3) is 0 Å². The van der Waals surface area contributed by atoms with Crippen molar-refractivity contribution in [1.29, 1.82) is 0 Å². The van der Waals surface area contributed by atoms with Crippen LogP contribution in [0.4, 0.5) is 0 Å². The number of ketones is 1. The van der Waals surface area contributed by atoms with E-state index in [1.165, 1.54) is 11.8 Å². The molecular weight excluding hydrogens is 400 g/mol. The Hall–Kier alpha value is -1.28. The highest BCUT2D eigenvalue weighted by Gasteiger charge is 2.34. The molecule has 1 atom stereocenters. The number of carbonyl (C=O) groups excluding carboxylic acids is 3. The number of hydrogen-bond acceptors (Lipinski definition) is 5. The summed E-state index contributed by atoms with van der Waals surface area (Å²) in [6.07, 6.45) is 6.41. The van der Waals surface area contributed by atoms with Gasteiger partial charge in [-0.3, -0.25) is 14.4 Å². The Labute approximate surface area is 178 Å². The Morgan fingerprint density at radius 3 is 2.36 bits per heavy atom. The predicted octanol–water partition coefficient (Wildman–Crippen LogP) is 2.54. The molecular formula is C19H33ClN4O3S. The van der Waals surface area contributed by atoms with E-state index in [0.717, 1.165) is 57.2 Å². The van der Waals surface area contributed by atoms with E-state index in [-0.39, 0.29) is 30.2 Å². The molecule has 7 nitrogen and oxygen atoms in total. The smallest absolute Gasteiger partial charge is 0.309 e. The topological polar surface area (TPSA) is 90.9 Å². The molecule has 2 aliphatic rings. The number of nitrogens with zero attached hydrogens (tertiary/aromatic N) is 2. The minimum absolute atomic E-state index is 0. The number of hydrazone groups is 1. The molecule has 2 amide bonds. The van der Waals surface area contributed by atoms with Crippen LogP contribution in [0.5, 0.6) is 0 Å². The first-order chi connectivity index (χ1) is 13.0. The van der Waals surface area contributed by atoms with Crippen LogP contribution < -0.4 is 10.7 Å². The van der Waals surface area contributed by atoms with Crippen LogP contribution in [0.1, 0.15) is 58.8 Å². The first-order valence-electron chi connectivity index (χ1n) is 10.0. The van der Waals surface area contributed by atoms with E-state index < -0.39 is 17.7 Å². The highest BCUT2D eigenvalue weighted by molar-refractivity contribution is 8.14. The lowest BCUT2D eigenvalue weighted by Gasteiger charge is -2.28. The molecule has 28 heavy (non-hydrogen) atoms. The second kappa shape index (κ2) is 12.3. The Kier molecular flexibility index (Phi) is 10.9. The third-order valence-corrected chi connectivity index (χ3v) is 6.59. The van der Waals surface area contributed by atoms with Gasteiger partial charge in [-0.15, -0.1) is 17.5 Å². The maximum absolute atomic E-state index is 12.8. The van der Waals surface area contributed by atoms with Gasteiger partial charge in [-0.2, -0.15) is 0 Å². The first-order valence-corrected chi connectivity index (χ1v) is 11.0. The largest absolute Gasteiger partial charge is 0.352 e. The number of amidine groups is 1. The monoisotopic (exact) mass is 432 g/mol. The van der Waals surface area contributed by atoms with Gasteiger partial charge in [0.25, 0.3) is 0 Å². The van der Waals surface area contributed by atoms with Crippen LogP contribution >= 0.6 is 24.2 Å². The third kappa shape index (κ3) is 6.65. The zero-order valence-corrected chi connectivity index (χ0v) is 18.7. The molecule has 1 heterocycles. The summed E-state index contributed by atoms with van der Waals surface area (Å²) in [6, 6.07) is -0.788. The molecule has 0 aromatic heterocycles. The van der Waals surface area contributed by atoms with E-state index in [9.17, 15) is 14.4 Å². The van der Waals surface area contributed by atoms with Crippen molar-refractivity contribution < 1.29 is 14.4 Å². The Bertz CT molecular complexity index is 578. The molecule has 160 valence electrons. The summed E-state index contributed by atoms with van der Waals surface area (Å²) < 4.78 is 0. The standard InChI is InChI=1S/C19H32N4O3S.ClH/c1-4-13(5-2)15(20-17(25)14-9-7-6-8-10-14)16(24)18(26)21-22-19-23(3)11-12-27-19;/h13-15H,4-12H2,1-3H3,(H,20,25)(H,21,26);1H. The van der Waals surface area contributed by atoms with Gasteiger partial charge in [0.05, 0.1) is 0 Å². The van der Waals surface area contributed by atoms with Crippen LogP contribution in [0.3, 0.4) is 0 Å². The summed E-state index contributed by atoms with van der Waals surface area (Å²) in [5, 5.41) is 7.65. The molecule has 0 radical (unpaired) electrons. The Morgan fingerprint density at radius 2 is 1.82 bits per heavy atom. The fraction of sp³-hybridized carbons (Fsp3) is 0.789. The number of thioether (sulfide) groups is 1. The molecule has 2 fully saturated rings. The molecule has 2 N–H and O–H groups in total. The van der Waals surface area contributed by atoms with Crippen LogP contribution in [-0.4, -0.2) is 53.1 Å². The molecule has 0 aromatic rings. The van der Waals surface area contributed by atoms with E-state index in [1.807, 2.05) is 25.8 Å². The van der Waals surface area contributed by atoms with Crippen molar-refractivity contribution in [1.82, 2.24) is 15.6 Å². The fourth-order valence-electron chi connectivity index (χ4n) is 3.69. The predicted molar refractivity (Wildman–Crippen MR) is 115 cm³/mol. The molecule has 1 aliphatic heterocycles. The summed E-state index contributed by atoms with van der Waals surface area (Å²) in [7, 11) is 1.89. The number of Topliss-reactive ketones (excluding diaryl/α,β-unsaturated/α-hetero) is 1. The summed E-state index contributed by atoms with van der Waals surface area (Å²) >= 11 is 1.54. The lowest BCUT2D eigenvalue weighted by molar-refractivity contribution is -0.141. The van der Waals surface area contributed by atoms with Gasteiger partial charge in [-0.1, -0.05) is 57.7 Å². The molecule has 1 saturated carbocycles. The van der Waals surface area contributed by atoms with Gasteiger partial charge in [0.2, 0.25) is 11.7 Å². The minimum atomic E-state index is -0.788. The molecule has 9 heteroatoms. The second-order valence-corrected chi connectivity index (χ2v) is 8.43. The molecule has 0 spiro atoms. The van der Waals surface area contributed by atoms with Crippen molar-refractivity contribution in [2.24, 2.45) is 16.9 Å².